The number of carboxylic acids is 1. The molecule has 1 aliphatic heterocycles. The van der Waals surface area contributed by atoms with Gasteiger partial charge in [-0.15, -0.1) is 0 Å². The molecule has 126 valence electrons. The lowest BCUT2D eigenvalue weighted by molar-refractivity contribution is -0.255. The highest BCUT2D eigenvalue weighted by Gasteiger charge is 2.34. The van der Waals surface area contributed by atoms with Crippen LogP contribution in [0.4, 0.5) is 5.69 Å². The Morgan fingerprint density at radius 3 is 2.44 bits per heavy atom. The fourth-order valence-corrected chi connectivity index (χ4v) is 3.98. The van der Waals surface area contributed by atoms with E-state index in [1.165, 1.54) is 17.0 Å². The molecule has 3 rings (SSSR count). The maximum Gasteiger partial charge on any atom is 0.270 e. The van der Waals surface area contributed by atoms with Gasteiger partial charge >= 0.3 is 0 Å². The van der Waals surface area contributed by atoms with Crippen LogP contribution in [0.5, 0.6) is 0 Å². The monoisotopic (exact) mass is 408 g/mol. The first-order chi connectivity index (χ1) is 11.9. The number of carboxylic acid groups (broad SMARTS) is 1. The average Bonchev–Trinajstić information content (AvgIpc) is 2.82. The van der Waals surface area contributed by atoms with Gasteiger partial charge < -0.3 is 9.90 Å². The van der Waals surface area contributed by atoms with Gasteiger partial charge in [0, 0.05) is 5.02 Å². The predicted octanol–water partition coefficient (Wildman–Crippen LogP) is 3.76. The van der Waals surface area contributed by atoms with Crippen LogP contribution in [0.25, 0.3) is 6.08 Å². The molecule has 0 bridgehead atoms. The van der Waals surface area contributed by atoms with E-state index in [0.29, 0.717) is 30.5 Å². The SMILES string of the molecule is O=C([O-])c1ccc(/C=C2\SC(=S)N(c3ccc(Cl)cc3Cl)C2=O)cc1. The second-order valence-corrected chi connectivity index (χ2v) is 7.54. The molecule has 0 spiro atoms. The smallest absolute Gasteiger partial charge is 0.270 e. The minimum absolute atomic E-state index is 0.0673. The minimum atomic E-state index is -1.25. The molecule has 1 aliphatic rings. The molecule has 0 N–H and O–H groups in total. The molecule has 0 unspecified atom stereocenters. The van der Waals surface area contributed by atoms with Gasteiger partial charge in [-0.25, -0.2) is 0 Å². The molecule has 0 aromatic heterocycles. The summed E-state index contributed by atoms with van der Waals surface area (Å²) >= 11 is 18.5. The lowest BCUT2D eigenvalue weighted by Gasteiger charge is -2.16. The number of aromatic carboxylic acids is 1. The summed E-state index contributed by atoms with van der Waals surface area (Å²) in [5, 5.41) is 11.6. The van der Waals surface area contributed by atoms with Crippen LogP contribution in [0.2, 0.25) is 10.0 Å². The molecule has 25 heavy (non-hydrogen) atoms. The molecule has 0 radical (unpaired) electrons. The fraction of sp³-hybridized carbons (Fsp3) is 0. The molecule has 8 heteroatoms. The van der Waals surface area contributed by atoms with E-state index in [-0.39, 0.29) is 11.5 Å². The van der Waals surface area contributed by atoms with Gasteiger partial charge in [0.05, 0.1) is 21.6 Å². The quantitative estimate of drug-likeness (QED) is 0.571. The lowest BCUT2D eigenvalue weighted by atomic mass is 10.1. The first kappa shape index (κ1) is 17.9. The van der Waals surface area contributed by atoms with Gasteiger partial charge in [-0.1, -0.05) is 71.4 Å². The van der Waals surface area contributed by atoms with Crippen LogP contribution in [-0.4, -0.2) is 16.2 Å². The maximum absolute atomic E-state index is 12.7. The van der Waals surface area contributed by atoms with E-state index in [4.69, 9.17) is 35.4 Å². The zero-order chi connectivity index (χ0) is 18.1. The van der Waals surface area contributed by atoms with E-state index in [9.17, 15) is 14.7 Å². The van der Waals surface area contributed by atoms with Crippen molar-refractivity contribution >= 4 is 75.1 Å². The number of carbonyl (C=O) groups excluding carboxylic acids is 2. The Morgan fingerprint density at radius 1 is 1.16 bits per heavy atom. The van der Waals surface area contributed by atoms with Crippen LogP contribution in [0.15, 0.2) is 47.4 Å². The molecule has 0 saturated carbocycles. The number of rotatable bonds is 3. The van der Waals surface area contributed by atoms with E-state index in [0.717, 1.165) is 11.8 Å². The van der Waals surface area contributed by atoms with E-state index >= 15 is 0 Å². The van der Waals surface area contributed by atoms with Crippen LogP contribution in [0, 0.1) is 0 Å². The normalized spacial score (nSPS) is 15.9. The summed E-state index contributed by atoms with van der Waals surface area (Å²) in [7, 11) is 0. The number of nitrogens with zero attached hydrogens (tertiary/aromatic N) is 1. The summed E-state index contributed by atoms with van der Waals surface area (Å²) in [6.07, 6.45) is 1.64. The van der Waals surface area contributed by atoms with Gasteiger partial charge in [-0.3, -0.25) is 9.69 Å². The Hall–Kier alpha value is -1.86. The average molecular weight is 409 g/mol. The topological polar surface area (TPSA) is 60.4 Å². The molecular weight excluding hydrogens is 401 g/mol. The van der Waals surface area contributed by atoms with Crippen molar-refractivity contribution in [2.24, 2.45) is 0 Å². The van der Waals surface area contributed by atoms with Gasteiger partial charge in [0.25, 0.3) is 5.91 Å². The van der Waals surface area contributed by atoms with E-state index in [1.807, 2.05) is 0 Å². The van der Waals surface area contributed by atoms with Gasteiger partial charge in [0.1, 0.15) is 0 Å². The number of carbonyl (C=O) groups is 2. The number of amides is 1. The second kappa shape index (κ2) is 7.17. The third-order valence-corrected chi connectivity index (χ3v) is 5.23. The molecule has 1 fully saturated rings. The molecule has 2 aromatic carbocycles. The molecule has 1 amide bonds. The summed E-state index contributed by atoms with van der Waals surface area (Å²) in [5.74, 6) is -1.56. The number of hydrogen-bond acceptors (Lipinski definition) is 5. The maximum atomic E-state index is 12.7. The number of hydrogen-bond donors (Lipinski definition) is 0. The van der Waals surface area contributed by atoms with Gasteiger partial charge in [-0.05, 0) is 35.4 Å². The van der Waals surface area contributed by atoms with Crippen molar-refractivity contribution in [3.05, 3.63) is 68.5 Å². The van der Waals surface area contributed by atoms with Crippen molar-refractivity contribution in [1.29, 1.82) is 0 Å². The molecular formula is C17H8Cl2NO3S2-. The highest BCUT2D eigenvalue weighted by atomic mass is 35.5. The Kier molecular flexibility index (Phi) is 5.15. The fourth-order valence-electron chi connectivity index (χ4n) is 2.20. The number of anilines is 1. The number of halogens is 2. The van der Waals surface area contributed by atoms with Crippen LogP contribution < -0.4 is 10.0 Å². The summed E-state index contributed by atoms with van der Waals surface area (Å²) in [6, 6.07) is 10.8. The Labute approximate surface area is 163 Å². The molecule has 0 aliphatic carbocycles. The zero-order valence-corrected chi connectivity index (χ0v) is 15.5. The third-order valence-electron chi connectivity index (χ3n) is 3.39. The largest absolute Gasteiger partial charge is 0.545 e. The van der Waals surface area contributed by atoms with Crippen LogP contribution in [0.1, 0.15) is 15.9 Å². The second-order valence-electron chi connectivity index (χ2n) is 5.02. The van der Waals surface area contributed by atoms with Gasteiger partial charge in [-0.2, -0.15) is 0 Å². The molecule has 0 atom stereocenters. The van der Waals surface area contributed by atoms with Gasteiger partial charge in [0.15, 0.2) is 4.32 Å². The predicted molar refractivity (Wildman–Crippen MR) is 103 cm³/mol. The standard InChI is InChI=1S/C17H9Cl2NO3S2/c18-11-5-6-13(12(19)8-11)20-15(21)14(25-17(20)24)7-9-1-3-10(4-2-9)16(22)23/h1-8H,(H,22,23)/p-1/b14-7-. The highest BCUT2D eigenvalue weighted by molar-refractivity contribution is 8.27. The summed E-state index contributed by atoms with van der Waals surface area (Å²) in [5.41, 5.74) is 1.20. The third kappa shape index (κ3) is 3.72. The van der Waals surface area contributed by atoms with E-state index in [2.05, 4.69) is 0 Å². The van der Waals surface area contributed by atoms with Crippen molar-refractivity contribution < 1.29 is 14.7 Å². The van der Waals surface area contributed by atoms with Crippen LogP contribution in [-0.2, 0) is 4.79 Å². The van der Waals surface area contributed by atoms with Crippen molar-refractivity contribution in [1.82, 2.24) is 0 Å². The van der Waals surface area contributed by atoms with Crippen molar-refractivity contribution in [2.45, 2.75) is 0 Å². The Bertz CT molecular complexity index is 926. The number of thiocarbonyl (C=S) groups is 1. The van der Waals surface area contributed by atoms with E-state index in [1.54, 1.807) is 36.4 Å². The first-order valence-corrected chi connectivity index (χ1v) is 8.89. The highest BCUT2D eigenvalue weighted by Crippen LogP contribution is 2.39. The van der Waals surface area contributed by atoms with Crippen LogP contribution in [0.3, 0.4) is 0 Å². The van der Waals surface area contributed by atoms with Crippen molar-refractivity contribution in [3.63, 3.8) is 0 Å². The van der Waals surface area contributed by atoms with Crippen molar-refractivity contribution in [2.75, 3.05) is 4.90 Å². The number of benzene rings is 2. The van der Waals surface area contributed by atoms with Gasteiger partial charge in [0.2, 0.25) is 0 Å². The van der Waals surface area contributed by atoms with Crippen molar-refractivity contribution in [3.8, 4) is 0 Å². The number of thioether (sulfide) groups is 1. The molecule has 1 heterocycles. The summed E-state index contributed by atoms with van der Waals surface area (Å²) in [4.78, 5) is 25.2. The lowest BCUT2D eigenvalue weighted by Crippen LogP contribution is -2.27. The van der Waals surface area contributed by atoms with E-state index < -0.39 is 5.97 Å². The Morgan fingerprint density at radius 2 is 1.84 bits per heavy atom. The molecule has 1 saturated heterocycles. The summed E-state index contributed by atoms with van der Waals surface area (Å²) in [6.45, 7) is 0. The minimum Gasteiger partial charge on any atom is -0.545 e. The Balaban J connectivity index is 1.91. The van der Waals surface area contributed by atoms with Crippen LogP contribution >= 0.6 is 47.2 Å². The zero-order valence-electron chi connectivity index (χ0n) is 12.4. The molecule has 2 aromatic rings. The summed E-state index contributed by atoms with van der Waals surface area (Å²) < 4.78 is 0.354. The molecule has 4 nitrogen and oxygen atoms in total. The first-order valence-electron chi connectivity index (χ1n) is 6.91.